The Balaban J connectivity index is 0.000000720. The van der Waals surface area contributed by atoms with Crippen LogP contribution in [0.4, 0.5) is 0 Å². The molecule has 1 fully saturated rings. The van der Waals surface area contributed by atoms with E-state index in [9.17, 15) is 0 Å². The number of rotatable bonds is 1. The molecule has 1 aromatic heterocycles. The van der Waals surface area contributed by atoms with Crippen molar-refractivity contribution < 1.29 is 56.1 Å². The van der Waals surface area contributed by atoms with Crippen molar-refractivity contribution in [3.63, 3.8) is 0 Å². The molecule has 0 amide bonds. The summed E-state index contributed by atoms with van der Waals surface area (Å²) >= 11 is 0. The molecule has 4 heteroatoms. The van der Waals surface area contributed by atoms with Crippen molar-refractivity contribution in [1.29, 1.82) is 0 Å². The number of aromatic nitrogens is 2. The van der Waals surface area contributed by atoms with E-state index in [4.69, 9.17) is 4.74 Å². The van der Waals surface area contributed by atoms with Gasteiger partial charge in [-0.15, -0.1) is 12.4 Å². The Morgan fingerprint density at radius 3 is 3.00 bits per heavy atom. The van der Waals surface area contributed by atoms with Gasteiger partial charge in [-0.1, -0.05) is 0 Å². The van der Waals surface area contributed by atoms with Crippen molar-refractivity contribution >= 4 is 0 Å². The van der Waals surface area contributed by atoms with Gasteiger partial charge in [0, 0.05) is 6.61 Å². The first-order chi connectivity index (χ1) is 5.47. The fraction of sp³-hybridized carbons (Fsp3) is 0.625. The third-order valence-electron chi connectivity index (χ3n) is 1.90. The molecular formula is C8H11KN2O. The SMILES string of the molecule is [K+].[c-]1ccnn1C1CCCCO1. The topological polar surface area (TPSA) is 27.1 Å². The molecule has 1 aliphatic rings. The summed E-state index contributed by atoms with van der Waals surface area (Å²) in [4.78, 5) is 0. The second kappa shape index (κ2) is 5.52. The Bertz CT molecular complexity index is 207. The van der Waals surface area contributed by atoms with E-state index in [1.807, 2.05) is 0 Å². The second-order valence-corrected chi connectivity index (χ2v) is 2.73. The van der Waals surface area contributed by atoms with Gasteiger partial charge < -0.3 is 9.42 Å². The second-order valence-electron chi connectivity index (χ2n) is 2.73. The van der Waals surface area contributed by atoms with Crippen LogP contribution in [-0.4, -0.2) is 16.4 Å². The molecule has 1 aromatic rings. The van der Waals surface area contributed by atoms with E-state index in [0.717, 1.165) is 13.0 Å². The largest absolute Gasteiger partial charge is 1.00 e. The zero-order valence-corrected chi connectivity index (χ0v) is 10.5. The molecular weight excluding hydrogens is 179 g/mol. The summed E-state index contributed by atoms with van der Waals surface area (Å²) in [6.45, 7) is 0.859. The van der Waals surface area contributed by atoms with Crippen molar-refractivity contribution in [2.45, 2.75) is 25.5 Å². The van der Waals surface area contributed by atoms with Crippen LogP contribution in [0.15, 0.2) is 12.3 Å². The number of hydrogen-bond acceptors (Lipinski definition) is 2. The zero-order chi connectivity index (χ0) is 7.52. The maximum atomic E-state index is 5.49. The average Bonchev–Trinajstić information content (AvgIpc) is 2.58. The first-order valence-electron chi connectivity index (χ1n) is 3.99. The molecule has 60 valence electrons. The predicted molar refractivity (Wildman–Crippen MR) is 39.9 cm³/mol. The number of ether oxygens (including phenoxy) is 1. The molecule has 2 heterocycles. The third-order valence-corrected chi connectivity index (χ3v) is 1.90. The van der Waals surface area contributed by atoms with Gasteiger partial charge >= 0.3 is 51.4 Å². The minimum atomic E-state index is 0. The predicted octanol–water partition coefficient (Wildman–Crippen LogP) is -1.61. The zero-order valence-electron chi connectivity index (χ0n) is 7.36. The molecule has 0 saturated carbocycles. The van der Waals surface area contributed by atoms with E-state index < -0.39 is 0 Å². The maximum absolute atomic E-state index is 5.49. The van der Waals surface area contributed by atoms with Gasteiger partial charge in [-0.25, -0.2) is 0 Å². The van der Waals surface area contributed by atoms with Crippen LogP contribution in [0.5, 0.6) is 0 Å². The molecule has 0 aromatic carbocycles. The molecule has 0 aliphatic carbocycles. The van der Waals surface area contributed by atoms with Crippen LogP contribution in [0.2, 0.25) is 0 Å². The van der Waals surface area contributed by atoms with E-state index in [1.54, 1.807) is 16.9 Å². The Hall–Kier alpha value is 0.806. The minimum Gasteiger partial charge on any atom is -0.358 e. The van der Waals surface area contributed by atoms with Gasteiger partial charge in [-0.2, -0.15) is 6.07 Å². The fourth-order valence-electron chi connectivity index (χ4n) is 1.32. The first kappa shape index (κ1) is 10.9. The van der Waals surface area contributed by atoms with E-state index in [-0.39, 0.29) is 57.6 Å². The van der Waals surface area contributed by atoms with Crippen LogP contribution >= 0.6 is 0 Å². The van der Waals surface area contributed by atoms with E-state index in [2.05, 4.69) is 11.3 Å². The van der Waals surface area contributed by atoms with Gasteiger partial charge in [0.25, 0.3) is 0 Å². The van der Waals surface area contributed by atoms with Crippen molar-refractivity contribution in [2.75, 3.05) is 6.61 Å². The van der Waals surface area contributed by atoms with Crippen LogP contribution in [-0.2, 0) is 4.74 Å². The fourth-order valence-corrected chi connectivity index (χ4v) is 1.32. The maximum Gasteiger partial charge on any atom is 1.00 e. The minimum absolute atomic E-state index is 0. The van der Waals surface area contributed by atoms with Gasteiger partial charge in [0.2, 0.25) is 0 Å². The molecule has 0 radical (unpaired) electrons. The Morgan fingerprint density at radius 2 is 2.42 bits per heavy atom. The van der Waals surface area contributed by atoms with E-state index in [1.165, 1.54) is 12.8 Å². The molecule has 1 saturated heterocycles. The summed E-state index contributed by atoms with van der Waals surface area (Å²) in [6, 6.07) is 1.80. The van der Waals surface area contributed by atoms with Crippen molar-refractivity contribution in [3.05, 3.63) is 18.5 Å². The van der Waals surface area contributed by atoms with Crippen molar-refractivity contribution in [3.8, 4) is 0 Å². The normalized spacial score (nSPS) is 23.2. The number of hydrogen-bond donors (Lipinski definition) is 0. The molecule has 3 nitrogen and oxygen atoms in total. The third kappa shape index (κ3) is 2.65. The van der Waals surface area contributed by atoms with Gasteiger partial charge in [0.05, 0.1) is 0 Å². The molecule has 12 heavy (non-hydrogen) atoms. The summed E-state index contributed by atoms with van der Waals surface area (Å²) in [7, 11) is 0. The molecule has 1 unspecified atom stereocenters. The summed E-state index contributed by atoms with van der Waals surface area (Å²) in [5, 5.41) is 4.08. The summed E-state index contributed by atoms with van der Waals surface area (Å²) in [6.07, 6.45) is 8.34. The van der Waals surface area contributed by atoms with Gasteiger partial charge in [0.15, 0.2) is 0 Å². The molecule has 1 aliphatic heterocycles. The standard InChI is InChI=1S/C8H11N2O.K/c1-2-7-11-8(4-1)10-6-3-5-9-10;/h3,5,8H,1-2,4,7H2;/q-1;+1. The molecule has 0 spiro atoms. The van der Waals surface area contributed by atoms with Crippen LogP contribution in [0.1, 0.15) is 25.5 Å². The first-order valence-corrected chi connectivity index (χ1v) is 3.99. The van der Waals surface area contributed by atoms with Crippen LogP contribution in [0.25, 0.3) is 0 Å². The summed E-state index contributed by atoms with van der Waals surface area (Å²) in [5.41, 5.74) is 0. The smallest absolute Gasteiger partial charge is 0.358 e. The molecule has 0 N–H and O–H groups in total. The van der Waals surface area contributed by atoms with Crippen LogP contribution in [0, 0.1) is 6.20 Å². The van der Waals surface area contributed by atoms with Gasteiger partial charge in [-0.3, -0.25) is 5.10 Å². The van der Waals surface area contributed by atoms with Crippen molar-refractivity contribution in [2.24, 2.45) is 0 Å². The Labute approximate surface area is 115 Å². The summed E-state index contributed by atoms with van der Waals surface area (Å²) < 4.78 is 7.25. The van der Waals surface area contributed by atoms with Crippen molar-refractivity contribution in [1.82, 2.24) is 9.78 Å². The average molecular weight is 190 g/mol. The van der Waals surface area contributed by atoms with E-state index >= 15 is 0 Å². The quantitative estimate of drug-likeness (QED) is 0.393. The molecule has 2 rings (SSSR count). The number of nitrogens with zero attached hydrogens (tertiary/aromatic N) is 2. The van der Waals surface area contributed by atoms with Gasteiger partial charge in [0.1, 0.15) is 6.23 Å². The monoisotopic (exact) mass is 190 g/mol. The Kier molecular flexibility index (Phi) is 5.01. The molecule has 0 bridgehead atoms. The van der Waals surface area contributed by atoms with E-state index in [0.29, 0.717) is 0 Å². The summed E-state index contributed by atoms with van der Waals surface area (Å²) in [5.74, 6) is 0. The molecule has 1 atom stereocenters. The van der Waals surface area contributed by atoms with Gasteiger partial charge in [-0.05, 0) is 19.3 Å². The van der Waals surface area contributed by atoms with Crippen LogP contribution in [0.3, 0.4) is 0 Å². The van der Waals surface area contributed by atoms with Crippen LogP contribution < -0.4 is 51.4 Å². The Morgan fingerprint density at radius 1 is 1.50 bits per heavy atom.